The van der Waals surface area contributed by atoms with Crippen molar-refractivity contribution in [2.45, 2.75) is 53.1 Å². The number of fused-ring (bicyclic) bond motifs is 2. The van der Waals surface area contributed by atoms with Crippen LogP contribution >= 0.6 is 0 Å². The van der Waals surface area contributed by atoms with E-state index in [0.717, 1.165) is 12.3 Å². The Morgan fingerprint density at radius 1 is 1.50 bits per heavy atom. The zero-order valence-corrected chi connectivity index (χ0v) is 13.2. The molecule has 0 aliphatic heterocycles. The number of aliphatic hydroxyl groups excluding tert-OH is 1. The first kappa shape index (κ1) is 12.9. The summed E-state index contributed by atoms with van der Waals surface area (Å²) in [7, 11) is 0. The summed E-state index contributed by atoms with van der Waals surface area (Å²) in [4.78, 5) is 2.47. The first-order valence-electron chi connectivity index (χ1n) is 6.32. The first-order chi connectivity index (χ1) is 7.44. The summed E-state index contributed by atoms with van der Waals surface area (Å²) >= 11 is -1.02. The van der Waals surface area contributed by atoms with Crippen molar-refractivity contribution in [3.05, 3.63) is 12.7 Å². The van der Waals surface area contributed by atoms with Crippen molar-refractivity contribution in [1.82, 2.24) is 0 Å². The van der Waals surface area contributed by atoms with E-state index in [-0.39, 0.29) is 11.5 Å². The van der Waals surface area contributed by atoms with Crippen molar-refractivity contribution < 1.29 is 5.11 Å². The fraction of sp³-hybridized carbons (Fsp3) is 0.857. The third-order valence-corrected chi connectivity index (χ3v) is 10.5. The van der Waals surface area contributed by atoms with Crippen LogP contribution in [0.2, 0.25) is 13.9 Å². The second-order valence-electron chi connectivity index (χ2n) is 6.25. The number of hydrogen-bond acceptors (Lipinski definition) is 1. The van der Waals surface area contributed by atoms with Gasteiger partial charge in [0.1, 0.15) is 0 Å². The predicted octanol–water partition coefficient (Wildman–Crippen LogP) is 3.48. The van der Waals surface area contributed by atoms with Crippen LogP contribution < -0.4 is 0 Å². The van der Waals surface area contributed by atoms with E-state index in [1.807, 2.05) is 0 Å². The third-order valence-electron chi connectivity index (χ3n) is 5.29. The molecule has 2 aliphatic carbocycles. The van der Waals surface area contributed by atoms with Crippen LogP contribution in [0.25, 0.3) is 0 Å². The average Bonchev–Trinajstić information content (AvgIpc) is 2.51. The molecule has 0 amide bonds. The summed E-state index contributed by atoms with van der Waals surface area (Å²) in [6, 6.07) is 0. The van der Waals surface area contributed by atoms with E-state index in [2.05, 4.69) is 31.5 Å². The van der Waals surface area contributed by atoms with Gasteiger partial charge in [-0.15, -0.1) is 0 Å². The Hall–Kier alpha value is 0.490. The van der Waals surface area contributed by atoms with E-state index in [4.69, 9.17) is 0 Å². The van der Waals surface area contributed by atoms with Crippen LogP contribution in [0.5, 0.6) is 0 Å². The fourth-order valence-corrected chi connectivity index (χ4v) is 10.1. The quantitative estimate of drug-likeness (QED) is 0.615. The summed E-state index contributed by atoms with van der Waals surface area (Å²) in [5.41, 5.74) is 0.648. The molecule has 2 saturated carbocycles. The van der Waals surface area contributed by atoms with Crippen molar-refractivity contribution in [3.63, 3.8) is 0 Å². The van der Waals surface area contributed by atoms with Gasteiger partial charge in [-0.05, 0) is 0 Å². The van der Waals surface area contributed by atoms with Gasteiger partial charge in [0, 0.05) is 0 Å². The molecule has 0 aromatic rings. The van der Waals surface area contributed by atoms with E-state index in [1.165, 1.54) is 21.8 Å². The molecule has 0 radical (unpaired) electrons. The van der Waals surface area contributed by atoms with Gasteiger partial charge in [-0.3, -0.25) is 0 Å². The molecule has 0 aromatic heterocycles. The van der Waals surface area contributed by atoms with Gasteiger partial charge in [0.05, 0.1) is 0 Å². The molecule has 2 fully saturated rings. The summed E-state index contributed by atoms with van der Waals surface area (Å²) in [5.74, 6) is 0.776. The molecule has 2 aliphatic rings. The average molecular weight is 337 g/mol. The van der Waals surface area contributed by atoms with Gasteiger partial charge in [-0.25, -0.2) is 0 Å². The zero-order chi connectivity index (χ0) is 12.0. The molecule has 1 nitrogen and oxygen atoms in total. The van der Waals surface area contributed by atoms with Crippen molar-refractivity contribution >= 4 is 19.6 Å². The summed E-state index contributed by atoms with van der Waals surface area (Å²) < 4.78 is 2.59. The van der Waals surface area contributed by atoms with Crippen LogP contribution in [0.4, 0.5) is 0 Å². The molecule has 2 heteroatoms. The minimum absolute atomic E-state index is 0.0191. The molecule has 3 atom stereocenters. The Morgan fingerprint density at radius 3 is 2.62 bits per heavy atom. The third kappa shape index (κ3) is 1.69. The van der Waals surface area contributed by atoms with Crippen molar-refractivity contribution in [2.75, 3.05) is 0 Å². The normalized spacial score (nSPS) is 40.6. The second kappa shape index (κ2) is 4.30. The van der Waals surface area contributed by atoms with E-state index >= 15 is 0 Å². The van der Waals surface area contributed by atoms with E-state index in [0.29, 0.717) is 5.41 Å². The molecule has 16 heavy (non-hydrogen) atoms. The molecule has 0 saturated heterocycles. The van der Waals surface area contributed by atoms with Crippen LogP contribution in [-0.4, -0.2) is 30.8 Å². The van der Waals surface area contributed by atoms with Gasteiger partial charge in [0.2, 0.25) is 0 Å². The van der Waals surface area contributed by atoms with Crippen LogP contribution in [-0.2, 0) is 0 Å². The Morgan fingerprint density at radius 2 is 2.19 bits per heavy atom. The van der Waals surface area contributed by atoms with Gasteiger partial charge in [0.25, 0.3) is 0 Å². The molecule has 3 unspecified atom stereocenters. The summed E-state index contributed by atoms with van der Waals surface area (Å²) in [5, 5.41) is 10.4. The van der Waals surface area contributed by atoms with Crippen LogP contribution in [0, 0.1) is 16.7 Å². The fourth-order valence-electron chi connectivity index (χ4n) is 4.08. The molecule has 2 rings (SSSR count). The van der Waals surface area contributed by atoms with Gasteiger partial charge in [-0.1, -0.05) is 0 Å². The standard InChI is InChI=1S/C14H25OTe/c1-5-8-16(4)10-14-7-6-11(9-12(14)15)13(14,2)3/h5,11-12,15H,1,6-10H2,2-4H3/q+1. The molecule has 0 spiro atoms. The van der Waals surface area contributed by atoms with E-state index < -0.39 is 19.6 Å². The van der Waals surface area contributed by atoms with Gasteiger partial charge < -0.3 is 0 Å². The van der Waals surface area contributed by atoms with Crippen molar-refractivity contribution in [3.8, 4) is 0 Å². The maximum absolute atomic E-state index is 10.4. The monoisotopic (exact) mass is 339 g/mol. The minimum atomic E-state index is -1.02. The molecular weight excluding hydrogens is 312 g/mol. The van der Waals surface area contributed by atoms with Gasteiger partial charge in [0.15, 0.2) is 0 Å². The van der Waals surface area contributed by atoms with Gasteiger partial charge >= 0.3 is 107 Å². The Balaban J connectivity index is 2.18. The Kier molecular flexibility index (Phi) is 3.48. The molecule has 92 valence electrons. The number of allylic oxidation sites excluding steroid dienone is 1. The molecule has 0 aromatic carbocycles. The SMILES string of the molecule is C=CC[Te+](C)CC12CCC(CC1O)C2(C)C. The van der Waals surface area contributed by atoms with Crippen molar-refractivity contribution in [1.29, 1.82) is 0 Å². The van der Waals surface area contributed by atoms with E-state index in [1.54, 1.807) is 0 Å². The molecular formula is C14H25OTe+. The van der Waals surface area contributed by atoms with Crippen molar-refractivity contribution in [2.24, 2.45) is 16.7 Å². The zero-order valence-electron chi connectivity index (χ0n) is 10.8. The first-order valence-corrected chi connectivity index (χ1v) is 11.9. The molecule has 1 N–H and O–H groups in total. The van der Waals surface area contributed by atoms with Crippen LogP contribution in [0.3, 0.4) is 0 Å². The number of rotatable bonds is 4. The van der Waals surface area contributed by atoms with Crippen LogP contribution in [0.15, 0.2) is 12.7 Å². The topological polar surface area (TPSA) is 20.2 Å². The molecule has 0 heterocycles. The summed E-state index contributed by atoms with van der Waals surface area (Å²) in [6.45, 7) is 8.68. The number of aliphatic hydroxyl groups is 1. The van der Waals surface area contributed by atoms with Gasteiger partial charge in [-0.2, -0.15) is 0 Å². The Bertz CT molecular complexity index is 286. The maximum atomic E-state index is 10.4. The van der Waals surface area contributed by atoms with E-state index in [9.17, 15) is 5.11 Å². The van der Waals surface area contributed by atoms with Crippen LogP contribution in [0.1, 0.15) is 33.1 Å². The Labute approximate surface area is 107 Å². The summed E-state index contributed by atoms with van der Waals surface area (Å²) in [6.07, 6.45) is 5.76. The second-order valence-corrected chi connectivity index (χ2v) is 12.5. The molecule has 2 bridgehead atoms. The number of hydrogen-bond donors (Lipinski definition) is 1. The predicted molar refractivity (Wildman–Crippen MR) is 71.0 cm³/mol.